The van der Waals surface area contributed by atoms with Crippen molar-refractivity contribution in [1.29, 1.82) is 0 Å². The number of halogens is 3. The van der Waals surface area contributed by atoms with Crippen LogP contribution in [0.2, 0.25) is 0 Å². The van der Waals surface area contributed by atoms with E-state index < -0.39 is 34.8 Å². The van der Waals surface area contributed by atoms with Gasteiger partial charge in [-0.2, -0.15) is 5.10 Å². The van der Waals surface area contributed by atoms with E-state index in [2.05, 4.69) is 10.2 Å². The van der Waals surface area contributed by atoms with E-state index in [0.29, 0.717) is 14.0 Å². The standard InChI is InChI=1S/C15H13F2IN4O2/c1-15(8-6-19-20-7-8)5-12(23)22(14(24)21(15)2)13-10(16)3-9(18)4-11(13)17/h3-4,6-7H,5H2,1-2H3,(H,19,20)/t15-/m0/s1. The Morgan fingerprint density at radius 3 is 2.46 bits per heavy atom. The number of nitrogens with zero attached hydrogens (tertiary/aromatic N) is 3. The van der Waals surface area contributed by atoms with Crippen LogP contribution >= 0.6 is 22.6 Å². The summed E-state index contributed by atoms with van der Waals surface area (Å²) in [6.07, 6.45) is 2.97. The van der Waals surface area contributed by atoms with Crippen LogP contribution in [-0.2, 0) is 10.3 Å². The van der Waals surface area contributed by atoms with E-state index in [1.165, 1.54) is 18.1 Å². The topological polar surface area (TPSA) is 69.3 Å². The SMILES string of the molecule is CN1C(=O)N(c2c(F)cc(I)cc2F)C(=O)C[C@@]1(C)c1cn[nH]c1. The molecular weight excluding hydrogens is 433 g/mol. The van der Waals surface area contributed by atoms with Crippen LogP contribution < -0.4 is 4.90 Å². The Morgan fingerprint density at radius 2 is 1.92 bits per heavy atom. The van der Waals surface area contributed by atoms with Crippen molar-refractivity contribution in [2.45, 2.75) is 18.9 Å². The molecule has 0 aliphatic carbocycles. The minimum absolute atomic E-state index is 0.125. The first kappa shape index (κ1) is 16.8. The van der Waals surface area contributed by atoms with Gasteiger partial charge in [-0.05, 0) is 41.6 Å². The fourth-order valence-corrected chi connectivity index (χ4v) is 3.32. The van der Waals surface area contributed by atoms with Gasteiger partial charge in [0, 0.05) is 22.4 Å². The van der Waals surface area contributed by atoms with Crippen LogP contribution in [0.5, 0.6) is 0 Å². The molecule has 0 spiro atoms. The first-order valence-electron chi connectivity index (χ1n) is 7.00. The Morgan fingerprint density at radius 1 is 1.29 bits per heavy atom. The van der Waals surface area contributed by atoms with Crippen molar-refractivity contribution in [2.24, 2.45) is 0 Å². The van der Waals surface area contributed by atoms with Crippen LogP contribution in [0.3, 0.4) is 0 Å². The number of carbonyl (C=O) groups excluding carboxylic acids is 2. The monoisotopic (exact) mass is 446 g/mol. The zero-order valence-electron chi connectivity index (χ0n) is 12.8. The van der Waals surface area contributed by atoms with Crippen molar-refractivity contribution < 1.29 is 18.4 Å². The van der Waals surface area contributed by atoms with E-state index in [4.69, 9.17) is 0 Å². The minimum Gasteiger partial charge on any atom is -0.317 e. The molecule has 3 amide bonds. The number of anilines is 1. The third kappa shape index (κ3) is 2.46. The highest BCUT2D eigenvalue weighted by Crippen LogP contribution is 2.38. The molecule has 1 aliphatic rings. The maximum atomic E-state index is 14.2. The van der Waals surface area contributed by atoms with E-state index in [1.54, 1.807) is 35.7 Å². The van der Waals surface area contributed by atoms with Gasteiger partial charge in [0.2, 0.25) is 5.91 Å². The average Bonchev–Trinajstić information content (AvgIpc) is 3.02. The fourth-order valence-electron chi connectivity index (χ4n) is 2.77. The van der Waals surface area contributed by atoms with Crippen molar-refractivity contribution in [3.8, 4) is 0 Å². The summed E-state index contributed by atoms with van der Waals surface area (Å²) in [5.41, 5.74) is -0.963. The van der Waals surface area contributed by atoms with Gasteiger partial charge in [-0.1, -0.05) is 0 Å². The number of aromatic nitrogens is 2. The summed E-state index contributed by atoms with van der Waals surface area (Å²) in [6.45, 7) is 1.70. The molecule has 9 heteroatoms. The third-order valence-corrected chi connectivity index (χ3v) is 4.91. The molecule has 1 aromatic heterocycles. The van der Waals surface area contributed by atoms with Gasteiger partial charge in [0.05, 0.1) is 18.2 Å². The summed E-state index contributed by atoms with van der Waals surface area (Å²) >= 11 is 1.76. The van der Waals surface area contributed by atoms with Gasteiger partial charge in [-0.3, -0.25) is 9.89 Å². The maximum absolute atomic E-state index is 14.2. The number of H-pyrrole nitrogens is 1. The average molecular weight is 446 g/mol. The quantitative estimate of drug-likeness (QED) is 0.722. The first-order valence-corrected chi connectivity index (χ1v) is 8.08. The first-order chi connectivity index (χ1) is 11.3. The smallest absolute Gasteiger partial charge is 0.317 e. The van der Waals surface area contributed by atoms with Gasteiger partial charge in [-0.25, -0.2) is 18.5 Å². The molecule has 0 saturated carbocycles. The Hall–Kier alpha value is -2.04. The van der Waals surface area contributed by atoms with Crippen molar-refractivity contribution in [2.75, 3.05) is 11.9 Å². The normalized spacial score (nSPS) is 21.5. The summed E-state index contributed by atoms with van der Waals surface area (Å²) in [5, 5.41) is 6.47. The second-order valence-electron chi connectivity index (χ2n) is 5.73. The van der Waals surface area contributed by atoms with Crippen molar-refractivity contribution >= 4 is 40.2 Å². The maximum Gasteiger partial charge on any atom is 0.332 e. The van der Waals surface area contributed by atoms with Gasteiger partial charge in [0.15, 0.2) is 11.6 Å². The third-order valence-electron chi connectivity index (χ3n) is 4.29. The molecule has 3 rings (SSSR count). The number of nitrogens with one attached hydrogen (secondary N) is 1. The highest BCUT2D eigenvalue weighted by Gasteiger charge is 2.48. The lowest BCUT2D eigenvalue weighted by atomic mass is 9.87. The molecule has 126 valence electrons. The number of hydrogen-bond donors (Lipinski definition) is 1. The lowest BCUT2D eigenvalue weighted by Crippen LogP contribution is -2.60. The molecule has 1 atom stereocenters. The Balaban J connectivity index is 2.06. The van der Waals surface area contributed by atoms with E-state index >= 15 is 0 Å². The van der Waals surface area contributed by atoms with E-state index in [0.717, 1.165) is 12.1 Å². The second kappa shape index (κ2) is 5.80. The fraction of sp³-hybridized carbons (Fsp3) is 0.267. The number of aromatic amines is 1. The number of imide groups is 1. The van der Waals surface area contributed by atoms with E-state index in [-0.39, 0.29) is 6.42 Å². The Bertz CT molecular complexity index is 804. The predicted octanol–water partition coefficient (Wildman–Crippen LogP) is 3.00. The summed E-state index contributed by atoms with van der Waals surface area (Å²) in [5.74, 6) is -2.59. The number of benzene rings is 1. The number of rotatable bonds is 2. The van der Waals surface area contributed by atoms with E-state index in [9.17, 15) is 18.4 Å². The molecular formula is C15H13F2IN4O2. The Labute approximate surface area is 150 Å². The molecule has 2 aromatic rings. The van der Waals surface area contributed by atoms with Crippen LogP contribution in [-0.4, -0.2) is 34.1 Å². The summed E-state index contributed by atoms with van der Waals surface area (Å²) in [7, 11) is 1.48. The Kier molecular flexibility index (Phi) is 4.06. The van der Waals surface area contributed by atoms with Crippen LogP contribution in [0.15, 0.2) is 24.5 Å². The molecule has 0 unspecified atom stereocenters. The predicted molar refractivity (Wildman–Crippen MR) is 90.3 cm³/mol. The van der Waals surface area contributed by atoms with Crippen LogP contribution in [0.25, 0.3) is 0 Å². The van der Waals surface area contributed by atoms with Gasteiger partial charge < -0.3 is 4.90 Å². The summed E-state index contributed by atoms with van der Waals surface area (Å²) in [6, 6.07) is 1.35. The van der Waals surface area contributed by atoms with Gasteiger partial charge in [0.25, 0.3) is 0 Å². The minimum atomic E-state index is -0.957. The molecule has 6 nitrogen and oxygen atoms in total. The summed E-state index contributed by atoms with van der Waals surface area (Å²) in [4.78, 5) is 27.1. The lowest BCUT2D eigenvalue weighted by Gasteiger charge is -2.45. The van der Waals surface area contributed by atoms with Gasteiger partial charge in [-0.15, -0.1) is 0 Å². The highest BCUT2D eigenvalue weighted by atomic mass is 127. The number of amides is 3. The molecule has 1 saturated heterocycles. The largest absolute Gasteiger partial charge is 0.332 e. The van der Waals surface area contributed by atoms with Crippen molar-refractivity contribution in [1.82, 2.24) is 15.1 Å². The molecule has 1 fully saturated rings. The van der Waals surface area contributed by atoms with Gasteiger partial charge in [0.1, 0.15) is 5.69 Å². The van der Waals surface area contributed by atoms with Crippen LogP contribution in [0, 0.1) is 15.2 Å². The van der Waals surface area contributed by atoms with Crippen molar-refractivity contribution in [3.63, 3.8) is 0 Å². The number of hydrogen-bond acceptors (Lipinski definition) is 3. The second-order valence-corrected chi connectivity index (χ2v) is 6.97. The zero-order valence-corrected chi connectivity index (χ0v) is 15.0. The van der Waals surface area contributed by atoms with E-state index in [1.807, 2.05) is 0 Å². The molecule has 24 heavy (non-hydrogen) atoms. The van der Waals surface area contributed by atoms with Crippen molar-refractivity contribution in [3.05, 3.63) is 45.3 Å². The molecule has 0 bridgehead atoms. The molecule has 1 N–H and O–H groups in total. The van der Waals surface area contributed by atoms with Crippen LogP contribution in [0.1, 0.15) is 18.9 Å². The zero-order chi connectivity index (χ0) is 17.6. The van der Waals surface area contributed by atoms with Crippen LogP contribution in [0.4, 0.5) is 19.3 Å². The summed E-state index contributed by atoms with van der Waals surface area (Å²) < 4.78 is 28.8. The number of carbonyl (C=O) groups is 2. The molecule has 0 radical (unpaired) electrons. The molecule has 1 aliphatic heterocycles. The van der Waals surface area contributed by atoms with Gasteiger partial charge >= 0.3 is 6.03 Å². The number of urea groups is 1. The lowest BCUT2D eigenvalue weighted by molar-refractivity contribution is -0.122. The molecule has 1 aromatic carbocycles. The molecule has 2 heterocycles. The highest BCUT2D eigenvalue weighted by molar-refractivity contribution is 14.1.